The summed E-state index contributed by atoms with van der Waals surface area (Å²) in [6, 6.07) is 5.80. The molecule has 0 saturated carbocycles. The van der Waals surface area contributed by atoms with Crippen LogP contribution in [0.1, 0.15) is 15.9 Å². The summed E-state index contributed by atoms with van der Waals surface area (Å²) in [5, 5.41) is 2.92. The van der Waals surface area contributed by atoms with E-state index in [9.17, 15) is 9.18 Å². The molecule has 0 bridgehead atoms. The monoisotopic (exact) mass is 275 g/mol. The van der Waals surface area contributed by atoms with Crippen LogP contribution in [0.2, 0.25) is 0 Å². The number of hydrogen-bond donors (Lipinski definition) is 2. The maximum absolute atomic E-state index is 13.2. The van der Waals surface area contributed by atoms with Crippen molar-refractivity contribution in [2.75, 3.05) is 18.2 Å². The van der Waals surface area contributed by atoms with E-state index >= 15 is 0 Å². The molecule has 5 nitrogen and oxygen atoms in total. The standard InChI is InChI=1S/C14H14FN3O2/c1-8-3-4-9(15)7-11(8)18-13-12(16)10(5-6-17-13)14(19)20-2/h3-7H,16H2,1-2H3,(H,17,18). The van der Waals surface area contributed by atoms with E-state index in [1.165, 1.54) is 31.5 Å². The third-order valence-electron chi connectivity index (χ3n) is 2.85. The Morgan fingerprint density at radius 1 is 1.40 bits per heavy atom. The summed E-state index contributed by atoms with van der Waals surface area (Å²) < 4.78 is 17.9. The van der Waals surface area contributed by atoms with Gasteiger partial charge >= 0.3 is 5.97 Å². The number of carbonyl (C=O) groups is 1. The molecule has 0 fully saturated rings. The average Bonchev–Trinajstić information content (AvgIpc) is 2.44. The van der Waals surface area contributed by atoms with E-state index in [-0.39, 0.29) is 22.9 Å². The highest BCUT2D eigenvalue weighted by molar-refractivity contribution is 5.97. The van der Waals surface area contributed by atoms with E-state index < -0.39 is 5.97 Å². The van der Waals surface area contributed by atoms with Crippen molar-refractivity contribution in [3.05, 3.63) is 47.4 Å². The zero-order valence-electron chi connectivity index (χ0n) is 11.1. The Morgan fingerprint density at radius 3 is 2.85 bits per heavy atom. The van der Waals surface area contributed by atoms with E-state index in [0.717, 1.165) is 5.56 Å². The predicted molar refractivity (Wildman–Crippen MR) is 74.4 cm³/mol. The third kappa shape index (κ3) is 2.69. The van der Waals surface area contributed by atoms with Crippen LogP contribution >= 0.6 is 0 Å². The van der Waals surface area contributed by atoms with Crippen LogP contribution in [0.3, 0.4) is 0 Å². The SMILES string of the molecule is COC(=O)c1ccnc(Nc2cc(F)ccc2C)c1N. The van der Waals surface area contributed by atoms with Gasteiger partial charge in [-0.05, 0) is 30.7 Å². The van der Waals surface area contributed by atoms with Crippen LogP contribution < -0.4 is 11.1 Å². The van der Waals surface area contributed by atoms with Gasteiger partial charge in [0.25, 0.3) is 0 Å². The van der Waals surface area contributed by atoms with Crippen LogP contribution in [0.4, 0.5) is 21.6 Å². The zero-order chi connectivity index (χ0) is 14.7. The van der Waals surface area contributed by atoms with Crippen molar-refractivity contribution in [3.8, 4) is 0 Å². The van der Waals surface area contributed by atoms with E-state index in [1.807, 2.05) is 6.92 Å². The number of halogens is 1. The molecule has 6 heteroatoms. The summed E-state index contributed by atoms with van der Waals surface area (Å²) in [6.45, 7) is 1.82. The lowest BCUT2D eigenvalue weighted by Crippen LogP contribution is -2.09. The Kier molecular flexibility index (Phi) is 3.84. The fourth-order valence-electron chi connectivity index (χ4n) is 1.72. The lowest BCUT2D eigenvalue weighted by molar-refractivity contribution is 0.0602. The van der Waals surface area contributed by atoms with Gasteiger partial charge in [-0.2, -0.15) is 0 Å². The van der Waals surface area contributed by atoms with E-state index in [0.29, 0.717) is 5.69 Å². The van der Waals surface area contributed by atoms with Gasteiger partial charge in [-0.3, -0.25) is 0 Å². The molecule has 0 spiro atoms. The molecule has 3 N–H and O–H groups in total. The molecule has 1 heterocycles. The molecular formula is C14H14FN3O2. The molecule has 2 rings (SSSR count). The Morgan fingerprint density at radius 2 is 2.15 bits per heavy atom. The number of nitrogens with zero attached hydrogens (tertiary/aromatic N) is 1. The van der Waals surface area contributed by atoms with Crippen molar-refractivity contribution < 1.29 is 13.9 Å². The highest BCUT2D eigenvalue weighted by Gasteiger charge is 2.14. The van der Waals surface area contributed by atoms with Crippen molar-refractivity contribution in [2.24, 2.45) is 0 Å². The molecule has 2 aromatic rings. The fraction of sp³-hybridized carbons (Fsp3) is 0.143. The Hall–Kier alpha value is -2.63. The summed E-state index contributed by atoms with van der Waals surface area (Å²) in [5.74, 6) is -0.647. The number of rotatable bonds is 3. The molecular weight excluding hydrogens is 261 g/mol. The second-order valence-corrected chi connectivity index (χ2v) is 4.20. The lowest BCUT2D eigenvalue weighted by Gasteiger charge is -2.12. The van der Waals surface area contributed by atoms with Crippen molar-refractivity contribution in [3.63, 3.8) is 0 Å². The number of nitrogen functional groups attached to an aromatic ring is 1. The molecule has 1 aromatic heterocycles. The first-order valence-electron chi connectivity index (χ1n) is 5.89. The Labute approximate surface area is 115 Å². The first-order valence-corrected chi connectivity index (χ1v) is 5.89. The highest BCUT2D eigenvalue weighted by atomic mass is 19.1. The fourth-order valence-corrected chi connectivity index (χ4v) is 1.72. The van der Waals surface area contributed by atoms with Crippen molar-refractivity contribution in [1.29, 1.82) is 0 Å². The van der Waals surface area contributed by atoms with E-state index in [4.69, 9.17) is 5.73 Å². The average molecular weight is 275 g/mol. The maximum Gasteiger partial charge on any atom is 0.340 e. The van der Waals surface area contributed by atoms with E-state index in [2.05, 4.69) is 15.0 Å². The number of carbonyl (C=O) groups excluding carboxylic acids is 1. The second kappa shape index (κ2) is 5.56. The smallest absolute Gasteiger partial charge is 0.340 e. The van der Waals surface area contributed by atoms with Gasteiger partial charge in [0.15, 0.2) is 5.82 Å². The van der Waals surface area contributed by atoms with Crippen LogP contribution in [-0.2, 0) is 4.74 Å². The number of nitrogens with one attached hydrogen (secondary N) is 1. The van der Waals surface area contributed by atoms with Gasteiger partial charge in [-0.15, -0.1) is 0 Å². The Bertz CT molecular complexity index is 659. The molecule has 0 radical (unpaired) electrons. The minimum absolute atomic E-state index is 0.156. The molecule has 104 valence electrons. The van der Waals surface area contributed by atoms with Gasteiger partial charge < -0.3 is 15.8 Å². The predicted octanol–water partition coefficient (Wildman–Crippen LogP) is 2.64. The largest absolute Gasteiger partial charge is 0.465 e. The molecule has 1 aromatic carbocycles. The number of esters is 1. The van der Waals surface area contributed by atoms with E-state index in [1.54, 1.807) is 6.07 Å². The maximum atomic E-state index is 13.2. The van der Waals surface area contributed by atoms with Crippen LogP contribution in [0.25, 0.3) is 0 Å². The normalized spacial score (nSPS) is 10.2. The number of nitrogens with two attached hydrogens (primary N) is 1. The summed E-state index contributed by atoms with van der Waals surface area (Å²) in [5.41, 5.74) is 7.60. The summed E-state index contributed by atoms with van der Waals surface area (Å²) in [6.07, 6.45) is 1.43. The molecule has 0 amide bonds. The molecule has 0 aliphatic carbocycles. The van der Waals surface area contributed by atoms with Gasteiger partial charge in [-0.1, -0.05) is 6.07 Å². The summed E-state index contributed by atoms with van der Waals surface area (Å²) in [7, 11) is 1.27. The number of aromatic nitrogens is 1. The number of pyridine rings is 1. The third-order valence-corrected chi connectivity index (χ3v) is 2.85. The molecule has 0 unspecified atom stereocenters. The number of benzene rings is 1. The topological polar surface area (TPSA) is 77.2 Å². The first kappa shape index (κ1) is 13.8. The number of methoxy groups -OCH3 is 1. The lowest BCUT2D eigenvalue weighted by atomic mass is 10.2. The summed E-state index contributed by atoms with van der Waals surface area (Å²) in [4.78, 5) is 15.6. The number of ether oxygens (including phenoxy) is 1. The molecule has 0 aliphatic rings. The van der Waals surface area contributed by atoms with Crippen molar-refractivity contribution >= 4 is 23.2 Å². The number of hydrogen-bond acceptors (Lipinski definition) is 5. The van der Waals surface area contributed by atoms with Gasteiger partial charge in [0.2, 0.25) is 0 Å². The minimum Gasteiger partial charge on any atom is -0.465 e. The highest BCUT2D eigenvalue weighted by Crippen LogP contribution is 2.26. The molecule has 0 saturated heterocycles. The number of aryl methyl sites for hydroxylation is 1. The van der Waals surface area contributed by atoms with Crippen LogP contribution in [0, 0.1) is 12.7 Å². The number of anilines is 3. The van der Waals surface area contributed by atoms with Gasteiger partial charge in [0.1, 0.15) is 5.82 Å². The Balaban J connectivity index is 2.39. The van der Waals surface area contributed by atoms with Crippen LogP contribution in [0.5, 0.6) is 0 Å². The van der Waals surface area contributed by atoms with Crippen molar-refractivity contribution in [2.45, 2.75) is 6.92 Å². The van der Waals surface area contributed by atoms with Crippen LogP contribution in [-0.4, -0.2) is 18.1 Å². The quantitative estimate of drug-likeness (QED) is 0.842. The molecule has 0 atom stereocenters. The first-order chi connectivity index (χ1) is 9.52. The van der Waals surface area contributed by atoms with Gasteiger partial charge in [0.05, 0.1) is 18.4 Å². The summed E-state index contributed by atoms with van der Waals surface area (Å²) >= 11 is 0. The molecule has 0 aliphatic heterocycles. The van der Waals surface area contributed by atoms with Crippen LogP contribution in [0.15, 0.2) is 30.5 Å². The minimum atomic E-state index is -0.552. The zero-order valence-corrected chi connectivity index (χ0v) is 11.1. The second-order valence-electron chi connectivity index (χ2n) is 4.20. The molecule has 20 heavy (non-hydrogen) atoms. The van der Waals surface area contributed by atoms with Gasteiger partial charge in [0, 0.05) is 11.9 Å². The van der Waals surface area contributed by atoms with Crippen molar-refractivity contribution in [1.82, 2.24) is 4.98 Å². The van der Waals surface area contributed by atoms with Gasteiger partial charge in [-0.25, -0.2) is 14.2 Å².